The molecule has 1 atom stereocenters. The van der Waals surface area contributed by atoms with Crippen molar-refractivity contribution >= 4 is 5.82 Å². The van der Waals surface area contributed by atoms with Crippen LogP contribution in [-0.4, -0.2) is 21.3 Å². The maximum Gasteiger partial charge on any atom is 0.128 e. The van der Waals surface area contributed by atoms with Gasteiger partial charge in [0.1, 0.15) is 5.82 Å². The monoisotopic (exact) mass is 259 g/mol. The van der Waals surface area contributed by atoms with E-state index in [-0.39, 0.29) is 6.04 Å². The molecular weight excluding hydrogens is 238 g/mol. The van der Waals surface area contributed by atoms with Crippen molar-refractivity contribution < 1.29 is 0 Å². The fraction of sp³-hybridized carbons (Fsp3) is 0.429. The van der Waals surface area contributed by atoms with Gasteiger partial charge in [-0.2, -0.15) is 5.10 Å². The second-order valence-corrected chi connectivity index (χ2v) is 4.73. The van der Waals surface area contributed by atoms with Crippen LogP contribution in [0.5, 0.6) is 0 Å². The molecule has 0 saturated carbocycles. The standard InChI is InChI=1S/C14H21N5/c1-4-7-16-13(11-6-9-19(3)18-11)12-10(2)5-8-17-14(12)15/h5-6,8-9,13,16H,4,7H2,1-3H3,(H2,15,17). The van der Waals surface area contributed by atoms with Crippen LogP contribution in [0.1, 0.15) is 36.2 Å². The first kappa shape index (κ1) is 13.5. The van der Waals surface area contributed by atoms with Crippen molar-refractivity contribution in [1.82, 2.24) is 20.1 Å². The first-order chi connectivity index (χ1) is 9.13. The van der Waals surface area contributed by atoms with Gasteiger partial charge in [-0.05, 0) is 37.6 Å². The zero-order valence-corrected chi connectivity index (χ0v) is 11.7. The summed E-state index contributed by atoms with van der Waals surface area (Å²) in [6.07, 6.45) is 4.74. The van der Waals surface area contributed by atoms with Crippen LogP contribution in [0.2, 0.25) is 0 Å². The van der Waals surface area contributed by atoms with E-state index in [0.717, 1.165) is 29.8 Å². The quantitative estimate of drug-likeness (QED) is 0.859. The molecule has 2 aromatic rings. The number of rotatable bonds is 5. The van der Waals surface area contributed by atoms with Gasteiger partial charge in [-0.15, -0.1) is 0 Å². The highest BCUT2D eigenvalue weighted by atomic mass is 15.3. The predicted octanol–water partition coefficient (Wildman–Crippen LogP) is 1.79. The summed E-state index contributed by atoms with van der Waals surface area (Å²) < 4.78 is 1.80. The van der Waals surface area contributed by atoms with Gasteiger partial charge in [0.2, 0.25) is 0 Å². The average molecular weight is 259 g/mol. The molecule has 19 heavy (non-hydrogen) atoms. The molecule has 3 N–H and O–H groups in total. The van der Waals surface area contributed by atoms with Gasteiger partial charge in [-0.3, -0.25) is 4.68 Å². The maximum absolute atomic E-state index is 6.05. The fourth-order valence-electron chi connectivity index (χ4n) is 2.20. The lowest BCUT2D eigenvalue weighted by Gasteiger charge is -2.20. The van der Waals surface area contributed by atoms with Crippen LogP contribution >= 0.6 is 0 Å². The molecule has 0 saturated heterocycles. The predicted molar refractivity (Wildman–Crippen MR) is 76.7 cm³/mol. The second-order valence-electron chi connectivity index (χ2n) is 4.73. The van der Waals surface area contributed by atoms with Crippen molar-refractivity contribution in [1.29, 1.82) is 0 Å². The SMILES string of the molecule is CCCNC(c1ccn(C)n1)c1c(C)ccnc1N. The number of nitrogens with two attached hydrogens (primary N) is 1. The smallest absolute Gasteiger partial charge is 0.128 e. The van der Waals surface area contributed by atoms with E-state index < -0.39 is 0 Å². The molecule has 5 nitrogen and oxygen atoms in total. The maximum atomic E-state index is 6.05. The molecule has 0 bridgehead atoms. The van der Waals surface area contributed by atoms with Gasteiger partial charge in [0, 0.05) is 25.0 Å². The Kier molecular flexibility index (Phi) is 4.16. The molecule has 2 rings (SSSR count). The largest absolute Gasteiger partial charge is 0.383 e. The van der Waals surface area contributed by atoms with Crippen LogP contribution in [0.3, 0.4) is 0 Å². The van der Waals surface area contributed by atoms with Crippen molar-refractivity contribution in [3.05, 3.63) is 41.3 Å². The van der Waals surface area contributed by atoms with Crippen LogP contribution in [-0.2, 0) is 7.05 Å². The molecule has 2 aromatic heterocycles. The summed E-state index contributed by atoms with van der Waals surface area (Å²) in [5, 5.41) is 7.99. The molecule has 0 radical (unpaired) electrons. The molecule has 0 aliphatic rings. The average Bonchev–Trinajstić information content (AvgIpc) is 2.79. The molecule has 0 aliphatic carbocycles. The number of aromatic nitrogens is 3. The van der Waals surface area contributed by atoms with Gasteiger partial charge in [-0.1, -0.05) is 6.92 Å². The van der Waals surface area contributed by atoms with Gasteiger partial charge < -0.3 is 11.1 Å². The van der Waals surface area contributed by atoms with Crippen molar-refractivity contribution in [2.75, 3.05) is 12.3 Å². The van der Waals surface area contributed by atoms with Gasteiger partial charge in [0.25, 0.3) is 0 Å². The number of aryl methyl sites for hydroxylation is 2. The zero-order chi connectivity index (χ0) is 13.8. The van der Waals surface area contributed by atoms with Crippen molar-refractivity contribution in [2.45, 2.75) is 26.3 Å². The first-order valence-corrected chi connectivity index (χ1v) is 6.57. The summed E-state index contributed by atoms with van der Waals surface area (Å²) in [4.78, 5) is 4.20. The second kappa shape index (κ2) is 5.84. The van der Waals surface area contributed by atoms with E-state index in [9.17, 15) is 0 Å². The molecule has 2 heterocycles. The van der Waals surface area contributed by atoms with Crippen molar-refractivity contribution in [2.24, 2.45) is 7.05 Å². The van der Waals surface area contributed by atoms with Gasteiger partial charge >= 0.3 is 0 Å². The van der Waals surface area contributed by atoms with E-state index in [2.05, 4.69) is 29.2 Å². The number of nitrogen functional groups attached to an aromatic ring is 1. The third kappa shape index (κ3) is 2.93. The highest BCUT2D eigenvalue weighted by Gasteiger charge is 2.20. The molecule has 0 aliphatic heterocycles. The molecule has 0 aromatic carbocycles. The third-order valence-corrected chi connectivity index (χ3v) is 3.16. The minimum Gasteiger partial charge on any atom is -0.383 e. The summed E-state index contributed by atoms with van der Waals surface area (Å²) in [7, 11) is 1.92. The van der Waals surface area contributed by atoms with Crippen molar-refractivity contribution in [3.63, 3.8) is 0 Å². The molecule has 0 amide bonds. The Balaban J connectivity index is 2.42. The van der Waals surface area contributed by atoms with Crippen LogP contribution in [0, 0.1) is 6.92 Å². The Morgan fingerprint density at radius 2 is 2.21 bits per heavy atom. The third-order valence-electron chi connectivity index (χ3n) is 3.16. The summed E-state index contributed by atoms with van der Waals surface area (Å²) in [6, 6.07) is 3.99. The van der Waals surface area contributed by atoms with Crippen LogP contribution in [0.25, 0.3) is 0 Å². The van der Waals surface area contributed by atoms with E-state index in [1.165, 1.54) is 0 Å². The zero-order valence-electron chi connectivity index (χ0n) is 11.7. The Labute approximate surface area is 113 Å². The summed E-state index contributed by atoms with van der Waals surface area (Å²) in [6.45, 7) is 5.11. The first-order valence-electron chi connectivity index (χ1n) is 6.57. The Bertz CT molecular complexity index is 526. The molecule has 5 heteroatoms. The van der Waals surface area contributed by atoms with Crippen LogP contribution in [0.15, 0.2) is 24.5 Å². The minimum atomic E-state index is -0.00477. The fourth-order valence-corrected chi connectivity index (χ4v) is 2.20. The molecule has 0 spiro atoms. The number of hydrogen-bond donors (Lipinski definition) is 2. The number of anilines is 1. The van der Waals surface area contributed by atoms with E-state index in [4.69, 9.17) is 5.73 Å². The Morgan fingerprint density at radius 1 is 1.42 bits per heavy atom. The van der Waals surface area contributed by atoms with Crippen LogP contribution in [0.4, 0.5) is 5.82 Å². The highest BCUT2D eigenvalue weighted by Crippen LogP contribution is 2.27. The van der Waals surface area contributed by atoms with Crippen molar-refractivity contribution in [3.8, 4) is 0 Å². The van der Waals surface area contributed by atoms with Gasteiger partial charge in [0.05, 0.1) is 11.7 Å². The molecular formula is C14H21N5. The lowest BCUT2D eigenvalue weighted by atomic mass is 9.99. The topological polar surface area (TPSA) is 68.8 Å². The number of nitrogens with one attached hydrogen (secondary N) is 1. The number of nitrogens with zero attached hydrogens (tertiary/aromatic N) is 3. The summed E-state index contributed by atoms with van der Waals surface area (Å²) in [5.74, 6) is 0.569. The lowest BCUT2D eigenvalue weighted by Crippen LogP contribution is -2.25. The summed E-state index contributed by atoms with van der Waals surface area (Å²) >= 11 is 0. The Hall–Kier alpha value is -1.88. The number of pyridine rings is 1. The van der Waals surface area contributed by atoms with Crippen LogP contribution < -0.4 is 11.1 Å². The minimum absolute atomic E-state index is 0.00477. The van der Waals surface area contributed by atoms with E-state index in [1.54, 1.807) is 10.9 Å². The molecule has 102 valence electrons. The lowest BCUT2D eigenvalue weighted by molar-refractivity contribution is 0.573. The molecule has 1 unspecified atom stereocenters. The van der Waals surface area contributed by atoms with E-state index in [1.807, 2.05) is 25.4 Å². The van der Waals surface area contributed by atoms with E-state index in [0.29, 0.717) is 5.82 Å². The van der Waals surface area contributed by atoms with Gasteiger partial charge in [-0.25, -0.2) is 4.98 Å². The van der Waals surface area contributed by atoms with E-state index >= 15 is 0 Å². The Morgan fingerprint density at radius 3 is 2.79 bits per heavy atom. The van der Waals surface area contributed by atoms with Gasteiger partial charge in [0.15, 0.2) is 0 Å². The number of hydrogen-bond acceptors (Lipinski definition) is 4. The normalized spacial score (nSPS) is 12.6. The molecule has 0 fully saturated rings. The highest BCUT2D eigenvalue weighted by molar-refractivity contribution is 5.48. The summed E-state index contributed by atoms with van der Waals surface area (Å²) in [5.41, 5.74) is 9.18.